The summed E-state index contributed by atoms with van der Waals surface area (Å²) in [6.07, 6.45) is 4.16. The maximum atomic E-state index is 11.3. The monoisotopic (exact) mass is 428 g/mol. The Labute approximate surface area is 187 Å². The topological polar surface area (TPSA) is 70.4 Å². The van der Waals surface area contributed by atoms with Crippen LogP contribution in [0.15, 0.2) is 24.3 Å². The standard InChI is InChI=1S/C25H40N4O2/c1-17(2)13-18(3)19(4)24-26-21-14-20(10-12-23(30)27-31)9-11-22(21)29(24)16-25(5,6)15-28(7)8/h9-12,14,17-19,31H,13,15-16H2,1-8H3,(H,27,30)/b12-10+. The van der Waals surface area contributed by atoms with Crippen molar-refractivity contribution in [1.82, 2.24) is 19.9 Å². The number of rotatable bonds is 10. The number of amides is 1. The summed E-state index contributed by atoms with van der Waals surface area (Å²) in [5.41, 5.74) is 4.64. The van der Waals surface area contributed by atoms with E-state index < -0.39 is 5.91 Å². The quantitative estimate of drug-likeness (QED) is 0.320. The number of hydroxylamine groups is 1. The van der Waals surface area contributed by atoms with Crippen LogP contribution in [0.4, 0.5) is 0 Å². The lowest BCUT2D eigenvalue weighted by atomic mass is 9.87. The largest absolute Gasteiger partial charge is 0.327 e. The molecule has 172 valence electrons. The van der Waals surface area contributed by atoms with E-state index in [9.17, 15) is 4.79 Å². The SMILES string of the molecule is CC(C)CC(C)C(C)c1nc2cc(/C=C/C(=O)NO)ccc2n1CC(C)(C)CN(C)C. The van der Waals surface area contributed by atoms with Crippen LogP contribution in [0, 0.1) is 17.3 Å². The normalized spacial score (nSPS) is 14.7. The Morgan fingerprint density at radius 2 is 1.94 bits per heavy atom. The molecule has 2 N–H and O–H groups in total. The van der Waals surface area contributed by atoms with Crippen molar-refractivity contribution >= 4 is 23.0 Å². The third-order valence-corrected chi connectivity index (χ3v) is 5.77. The van der Waals surface area contributed by atoms with Crippen molar-refractivity contribution in [1.29, 1.82) is 0 Å². The minimum absolute atomic E-state index is 0.0880. The minimum atomic E-state index is -0.548. The number of hydrogen-bond donors (Lipinski definition) is 2. The van der Waals surface area contributed by atoms with Gasteiger partial charge in [-0.15, -0.1) is 0 Å². The van der Waals surface area contributed by atoms with Crippen molar-refractivity contribution in [3.63, 3.8) is 0 Å². The van der Waals surface area contributed by atoms with E-state index in [0.717, 1.165) is 41.9 Å². The number of imidazole rings is 1. The number of aromatic nitrogens is 2. The summed E-state index contributed by atoms with van der Waals surface area (Å²) in [5, 5.41) is 8.70. The van der Waals surface area contributed by atoms with Crippen molar-refractivity contribution in [2.75, 3.05) is 20.6 Å². The molecule has 1 aromatic carbocycles. The highest BCUT2D eigenvalue weighted by Crippen LogP contribution is 2.33. The lowest BCUT2D eigenvalue weighted by molar-refractivity contribution is -0.124. The first-order valence-electron chi connectivity index (χ1n) is 11.2. The average Bonchev–Trinajstić information content (AvgIpc) is 3.00. The van der Waals surface area contributed by atoms with Crippen molar-refractivity contribution in [3.05, 3.63) is 35.7 Å². The molecule has 1 aromatic heterocycles. The molecule has 1 heterocycles. The Kier molecular flexibility index (Phi) is 8.43. The van der Waals surface area contributed by atoms with Crippen LogP contribution in [0.1, 0.15) is 65.3 Å². The summed E-state index contributed by atoms with van der Waals surface area (Å²) in [7, 11) is 4.23. The molecule has 0 radical (unpaired) electrons. The van der Waals surface area contributed by atoms with E-state index in [4.69, 9.17) is 10.2 Å². The van der Waals surface area contributed by atoms with Gasteiger partial charge in [-0.25, -0.2) is 10.5 Å². The molecule has 31 heavy (non-hydrogen) atoms. The number of carbonyl (C=O) groups excluding carboxylic acids is 1. The molecule has 2 unspecified atom stereocenters. The molecule has 0 saturated heterocycles. The predicted molar refractivity (Wildman–Crippen MR) is 128 cm³/mol. The van der Waals surface area contributed by atoms with Crippen molar-refractivity contribution in [2.24, 2.45) is 17.3 Å². The highest BCUT2D eigenvalue weighted by atomic mass is 16.5. The molecule has 2 aromatic rings. The van der Waals surface area contributed by atoms with E-state index in [1.165, 1.54) is 6.08 Å². The van der Waals surface area contributed by atoms with Crippen molar-refractivity contribution in [2.45, 2.75) is 60.4 Å². The lowest BCUT2D eigenvalue weighted by Crippen LogP contribution is -2.33. The Morgan fingerprint density at radius 1 is 1.26 bits per heavy atom. The first kappa shape index (κ1) is 25.1. The molecule has 0 saturated carbocycles. The number of hydrogen-bond acceptors (Lipinski definition) is 4. The van der Waals surface area contributed by atoms with Gasteiger partial charge in [-0.05, 0) is 61.5 Å². The summed E-state index contributed by atoms with van der Waals surface area (Å²) < 4.78 is 2.40. The van der Waals surface area contributed by atoms with Gasteiger partial charge in [0, 0.05) is 25.1 Å². The van der Waals surface area contributed by atoms with Gasteiger partial charge in [-0.1, -0.05) is 47.6 Å². The molecule has 0 aliphatic rings. The van der Waals surface area contributed by atoms with E-state index in [-0.39, 0.29) is 5.41 Å². The van der Waals surface area contributed by atoms with Gasteiger partial charge in [0.1, 0.15) is 5.82 Å². The van der Waals surface area contributed by atoms with E-state index >= 15 is 0 Å². The fourth-order valence-corrected chi connectivity index (χ4v) is 4.53. The second kappa shape index (κ2) is 10.4. The smallest absolute Gasteiger partial charge is 0.267 e. The molecular weight excluding hydrogens is 388 g/mol. The highest BCUT2D eigenvalue weighted by molar-refractivity contribution is 5.91. The summed E-state index contributed by atoms with van der Waals surface area (Å²) in [6.45, 7) is 15.6. The molecule has 0 fully saturated rings. The summed E-state index contributed by atoms with van der Waals surface area (Å²) in [6, 6.07) is 6.09. The third-order valence-electron chi connectivity index (χ3n) is 5.77. The molecule has 2 rings (SSSR count). The van der Waals surface area contributed by atoms with Crippen LogP contribution in [0.5, 0.6) is 0 Å². The van der Waals surface area contributed by atoms with Crippen LogP contribution in [0.3, 0.4) is 0 Å². The van der Waals surface area contributed by atoms with E-state index in [1.807, 2.05) is 12.1 Å². The first-order valence-corrected chi connectivity index (χ1v) is 11.2. The molecule has 6 nitrogen and oxygen atoms in total. The van der Waals surface area contributed by atoms with Gasteiger partial charge in [-0.2, -0.15) is 0 Å². The summed E-state index contributed by atoms with van der Waals surface area (Å²) >= 11 is 0. The Bertz CT molecular complexity index is 912. The Hall–Kier alpha value is -2.18. The van der Waals surface area contributed by atoms with E-state index in [0.29, 0.717) is 17.8 Å². The third kappa shape index (κ3) is 6.91. The van der Waals surface area contributed by atoms with Crippen LogP contribution in [-0.2, 0) is 11.3 Å². The fraction of sp³-hybridized carbons (Fsp3) is 0.600. The number of benzene rings is 1. The second-order valence-corrected chi connectivity index (χ2v) is 10.4. The maximum absolute atomic E-state index is 11.3. The van der Waals surface area contributed by atoms with Gasteiger partial charge in [0.15, 0.2) is 0 Å². The molecular formula is C25H40N4O2. The van der Waals surface area contributed by atoms with Crippen LogP contribution in [0.2, 0.25) is 0 Å². The van der Waals surface area contributed by atoms with Gasteiger partial charge in [0.25, 0.3) is 5.91 Å². The second-order valence-electron chi connectivity index (χ2n) is 10.4. The van der Waals surface area contributed by atoms with Crippen LogP contribution in [-0.4, -0.2) is 46.2 Å². The molecule has 1 amide bonds. The van der Waals surface area contributed by atoms with Crippen molar-refractivity contribution < 1.29 is 10.0 Å². The molecule has 6 heteroatoms. The van der Waals surface area contributed by atoms with Gasteiger partial charge in [0.2, 0.25) is 0 Å². The maximum Gasteiger partial charge on any atom is 0.267 e. The Balaban J connectivity index is 2.52. The number of carbonyl (C=O) groups is 1. The van der Waals surface area contributed by atoms with Gasteiger partial charge in [0.05, 0.1) is 11.0 Å². The van der Waals surface area contributed by atoms with Crippen molar-refractivity contribution in [3.8, 4) is 0 Å². The summed E-state index contributed by atoms with van der Waals surface area (Å²) in [5.74, 6) is 2.09. The van der Waals surface area contributed by atoms with Crippen LogP contribution < -0.4 is 5.48 Å². The lowest BCUT2D eigenvalue weighted by Gasteiger charge is -2.31. The zero-order valence-electron chi connectivity index (χ0n) is 20.4. The number of nitrogens with one attached hydrogen (secondary N) is 1. The molecule has 0 spiro atoms. The highest BCUT2D eigenvalue weighted by Gasteiger charge is 2.27. The molecule has 2 atom stereocenters. The molecule has 0 aliphatic heterocycles. The fourth-order valence-electron chi connectivity index (χ4n) is 4.53. The number of fused-ring (bicyclic) bond motifs is 1. The minimum Gasteiger partial charge on any atom is -0.327 e. The van der Waals surface area contributed by atoms with Crippen LogP contribution >= 0.6 is 0 Å². The zero-order chi connectivity index (χ0) is 23.3. The van der Waals surface area contributed by atoms with Gasteiger partial charge in [-0.3, -0.25) is 10.0 Å². The zero-order valence-corrected chi connectivity index (χ0v) is 20.4. The van der Waals surface area contributed by atoms with Gasteiger partial charge >= 0.3 is 0 Å². The van der Waals surface area contributed by atoms with E-state index in [1.54, 1.807) is 11.6 Å². The Morgan fingerprint density at radius 3 is 2.52 bits per heavy atom. The molecule has 0 bridgehead atoms. The molecule has 0 aliphatic carbocycles. The first-order chi connectivity index (χ1) is 14.4. The predicted octanol–water partition coefficient (Wildman–Crippen LogP) is 4.93. The van der Waals surface area contributed by atoms with Crippen LogP contribution in [0.25, 0.3) is 17.1 Å². The number of nitrogens with zero attached hydrogens (tertiary/aromatic N) is 3. The summed E-state index contributed by atoms with van der Waals surface area (Å²) in [4.78, 5) is 18.6. The average molecular weight is 429 g/mol. The van der Waals surface area contributed by atoms with E-state index in [2.05, 4.69) is 71.2 Å². The van der Waals surface area contributed by atoms with Gasteiger partial charge < -0.3 is 9.47 Å².